The Balaban J connectivity index is 3.46. The summed E-state index contributed by atoms with van der Waals surface area (Å²) in [7, 11) is -4.64. The summed E-state index contributed by atoms with van der Waals surface area (Å²) in [5.41, 5.74) is 0. The number of hydrogen-bond donors (Lipinski definition) is 2. The number of aliphatic hydroxyl groups excluding tert-OH is 1. The first kappa shape index (κ1) is 21.3. The van der Waals surface area contributed by atoms with Crippen molar-refractivity contribution < 1.29 is 31.8 Å². The van der Waals surface area contributed by atoms with Crippen LogP contribution in [0.3, 0.4) is 0 Å². The predicted molar refractivity (Wildman–Crippen MR) is 81.4 cm³/mol. The first-order valence-electron chi connectivity index (χ1n) is 7.84. The number of unbranched alkanes of at least 4 members (excludes halogenated alkanes) is 8. The van der Waals surface area contributed by atoms with Crippen molar-refractivity contribution in [3.05, 3.63) is 0 Å². The van der Waals surface area contributed by atoms with Crippen LogP contribution in [0, 0.1) is 0 Å². The molecular weight excluding hydrogens is 312 g/mol. The van der Waals surface area contributed by atoms with E-state index in [-0.39, 0.29) is 6.42 Å². The van der Waals surface area contributed by atoms with Crippen LogP contribution in [0.1, 0.15) is 71.1 Å². The highest BCUT2D eigenvalue weighted by Gasteiger charge is 2.14. The van der Waals surface area contributed by atoms with Gasteiger partial charge in [-0.15, -0.1) is 0 Å². The van der Waals surface area contributed by atoms with Crippen LogP contribution in [-0.4, -0.2) is 36.9 Å². The Morgan fingerprint density at radius 3 is 2.00 bits per heavy atom. The lowest BCUT2D eigenvalue weighted by molar-refractivity contribution is -0.172. The van der Waals surface area contributed by atoms with E-state index in [4.69, 9.17) is 4.55 Å². The number of rotatable bonds is 14. The first-order valence-corrected chi connectivity index (χ1v) is 9.21. The molecule has 22 heavy (non-hydrogen) atoms. The number of hydrogen-bond acceptors (Lipinski definition) is 6. The van der Waals surface area contributed by atoms with Crippen LogP contribution in [0.2, 0.25) is 0 Å². The summed E-state index contributed by atoms with van der Waals surface area (Å²) in [5.74, 6) is -0.616. The minimum Gasteiger partial charge on any atom is -0.433 e. The molecule has 8 heteroatoms. The Morgan fingerprint density at radius 2 is 1.50 bits per heavy atom. The monoisotopic (exact) mass is 340 g/mol. The lowest BCUT2D eigenvalue weighted by atomic mass is 10.1. The Morgan fingerprint density at radius 1 is 1.00 bits per heavy atom. The van der Waals surface area contributed by atoms with Crippen molar-refractivity contribution in [3.63, 3.8) is 0 Å². The SMILES string of the molecule is CCCCCCCCCCCC(=O)OC(O)COS(=O)(=O)O. The second-order valence-electron chi connectivity index (χ2n) is 5.24. The van der Waals surface area contributed by atoms with Crippen molar-refractivity contribution in [1.29, 1.82) is 0 Å². The lowest BCUT2D eigenvalue weighted by Gasteiger charge is -2.10. The average Bonchev–Trinajstić information content (AvgIpc) is 2.42. The third kappa shape index (κ3) is 15.7. The third-order valence-electron chi connectivity index (χ3n) is 3.11. The number of carbonyl (C=O) groups is 1. The third-order valence-corrected chi connectivity index (χ3v) is 3.55. The highest BCUT2D eigenvalue weighted by atomic mass is 32.3. The summed E-state index contributed by atoms with van der Waals surface area (Å²) >= 11 is 0. The van der Waals surface area contributed by atoms with Gasteiger partial charge in [-0.25, -0.2) is 4.18 Å². The van der Waals surface area contributed by atoms with Crippen LogP contribution in [-0.2, 0) is 24.1 Å². The topological polar surface area (TPSA) is 110 Å². The van der Waals surface area contributed by atoms with Crippen LogP contribution >= 0.6 is 0 Å². The van der Waals surface area contributed by atoms with Crippen molar-refractivity contribution in [2.75, 3.05) is 6.61 Å². The van der Waals surface area contributed by atoms with Crippen LogP contribution in [0.4, 0.5) is 0 Å². The van der Waals surface area contributed by atoms with Crippen LogP contribution in [0.25, 0.3) is 0 Å². The molecule has 2 N–H and O–H groups in total. The van der Waals surface area contributed by atoms with E-state index in [1.165, 1.54) is 32.1 Å². The minimum absolute atomic E-state index is 0.165. The fraction of sp³-hybridized carbons (Fsp3) is 0.929. The van der Waals surface area contributed by atoms with Crippen molar-refractivity contribution in [2.24, 2.45) is 0 Å². The van der Waals surface area contributed by atoms with Crippen molar-refractivity contribution in [2.45, 2.75) is 77.4 Å². The van der Waals surface area contributed by atoms with Gasteiger partial charge in [0.2, 0.25) is 6.29 Å². The fourth-order valence-corrected chi connectivity index (χ4v) is 2.26. The zero-order chi connectivity index (χ0) is 16.8. The van der Waals surface area contributed by atoms with Gasteiger partial charge in [0.1, 0.15) is 6.61 Å². The summed E-state index contributed by atoms with van der Waals surface area (Å²) < 4.78 is 37.2. The predicted octanol–water partition coefficient (Wildman–Crippen LogP) is 2.59. The molecule has 0 aromatic carbocycles. The zero-order valence-electron chi connectivity index (χ0n) is 13.2. The fourth-order valence-electron chi connectivity index (χ4n) is 1.97. The van der Waals surface area contributed by atoms with Crippen molar-refractivity contribution >= 4 is 16.4 Å². The van der Waals surface area contributed by atoms with Gasteiger partial charge in [-0.2, -0.15) is 8.42 Å². The second-order valence-corrected chi connectivity index (χ2v) is 6.33. The molecule has 0 spiro atoms. The molecule has 0 saturated heterocycles. The molecule has 0 saturated carbocycles. The lowest BCUT2D eigenvalue weighted by Crippen LogP contribution is -2.24. The maximum atomic E-state index is 11.3. The number of aliphatic hydroxyl groups is 1. The van der Waals surface area contributed by atoms with Gasteiger partial charge in [-0.3, -0.25) is 9.35 Å². The molecule has 0 bridgehead atoms. The maximum absolute atomic E-state index is 11.3. The van der Waals surface area contributed by atoms with Crippen molar-refractivity contribution in [3.8, 4) is 0 Å². The van der Waals surface area contributed by atoms with Gasteiger partial charge in [0.25, 0.3) is 0 Å². The molecule has 0 aromatic heterocycles. The van der Waals surface area contributed by atoms with E-state index in [0.717, 1.165) is 19.3 Å². The van der Waals surface area contributed by atoms with E-state index in [9.17, 15) is 18.3 Å². The van der Waals surface area contributed by atoms with Gasteiger partial charge < -0.3 is 9.84 Å². The molecule has 0 aromatic rings. The molecule has 0 rings (SSSR count). The molecule has 0 heterocycles. The zero-order valence-corrected chi connectivity index (χ0v) is 14.0. The molecule has 0 amide bonds. The van der Waals surface area contributed by atoms with Gasteiger partial charge in [-0.1, -0.05) is 58.3 Å². The minimum atomic E-state index is -4.64. The Bertz CT molecular complexity index is 381. The largest absolute Gasteiger partial charge is 0.433 e. The summed E-state index contributed by atoms with van der Waals surface area (Å²) in [6, 6.07) is 0. The van der Waals surface area contributed by atoms with Gasteiger partial charge in [0.05, 0.1) is 0 Å². The van der Waals surface area contributed by atoms with E-state index in [0.29, 0.717) is 6.42 Å². The van der Waals surface area contributed by atoms with E-state index in [1.807, 2.05) is 0 Å². The van der Waals surface area contributed by atoms with Crippen LogP contribution in [0.15, 0.2) is 0 Å². The molecule has 132 valence electrons. The van der Waals surface area contributed by atoms with E-state index in [2.05, 4.69) is 15.8 Å². The standard InChI is InChI=1S/C14H28O7S/c1-2-3-4-5-6-7-8-9-10-11-13(15)21-14(16)12-20-22(17,18)19/h14,16H,2-12H2,1H3,(H,17,18,19). The molecule has 7 nitrogen and oxygen atoms in total. The Labute approximate surface area is 133 Å². The Hall–Kier alpha value is -0.700. The van der Waals surface area contributed by atoms with Crippen LogP contribution in [0.5, 0.6) is 0 Å². The smallest absolute Gasteiger partial charge is 0.397 e. The summed E-state index contributed by atoms with van der Waals surface area (Å²) in [4.78, 5) is 11.3. The summed E-state index contributed by atoms with van der Waals surface area (Å²) in [6.07, 6.45) is 8.56. The van der Waals surface area contributed by atoms with Gasteiger partial charge in [0, 0.05) is 6.42 Å². The maximum Gasteiger partial charge on any atom is 0.397 e. The van der Waals surface area contributed by atoms with Gasteiger partial charge >= 0.3 is 16.4 Å². The quantitative estimate of drug-likeness (QED) is 0.216. The van der Waals surface area contributed by atoms with Crippen LogP contribution < -0.4 is 0 Å². The summed E-state index contributed by atoms with van der Waals surface area (Å²) in [5, 5.41) is 9.18. The Kier molecular flexibility index (Phi) is 12.4. The molecule has 0 aliphatic heterocycles. The molecule has 0 radical (unpaired) electrons. The van der Waals surface area contributed by atoms with E-state index < -0.39 is 29.3 Å². The second kappa shape index (κ2) is 12.8. The molecule has 1 atom stereocenters. The van der Waals surface area contributed by atoms with E-state index in [1.54, 1.807) is 0 Å². The molecule has 0 fully saturated rings. The van der Waals surface area contributed by atoms with Crippen molar-refractivity contribution in [1.82, 2.24) is 0 Å². The normalized spacial score (nSPS) is 13.0. The number of carbonyl (C=O) groups excluding carboxylic acids is 1. The molecule has 1 unspecified atom stereocenters. The summed E-state index contributed by atoms with van der Waals surface area (Å²) in [6.45, 7) is 1.37. The molecular formula is C14H28O7S. The molecule has 0 aliphatic carbocycles. The number of ether oxygens (including phenoxy) is 1. The first-order chi connectivity index (χ1) is 10.3. The highest BCUT2D eigenvalue weighted by molar-refractivity contribution is 7.80. The average molecular weight is 340 g/mol. The van der Waals surface area contributed by atoms with Gasteiger partial charge in [0.15, 0.2) is 0 Å². The van der Waals surface area contributed by atoms with Gasteiger partial charge in [-0.05, 0) is 6.42 Å². The number of esters is 1. The van der Waals surface area contributed by atoms with E-state index >= 15 is 0 Å². The molecule has 0 aliphatic rings. The highest BCUT2D eigenvalue weighted by Crippen LogP contribution is 2.11.